The Morgan fingerprint density at radius 3 is 2.46 bits per heavy atom. The van der Waals surface area contributed by atoms with Crippen LogP contribution in [0.5, 0.6) is 0 Å². The zero-order valence-electron chi connectivity index (χ0n) is 14.2. The van der Waals surface area contributed by atoms with Crippen molar-refractivity contribution in [3.8, 4) is 5.69 Å². The number of nitrogens with one attached hydrogen (secondary N) is 1. The van der Waals surface area contributed by atoms with Gasteiger partial charge in [0.1, 0.15) is 0 Å². The molecule has 0 aliphatic carbocycles. The number of rotatable bonds is 4. The van der Waals surface area contributed by atoms with Crippen LogP contribution >= 0.6 is 34.8 Å². The van der Waals surface area contributed by atoms with Gasteiger partial charge in [-0.3, -0.25) is 4.79 Å². The quantitative estimate of drug-likeness (QED) is 0.608. The minimum atomic E-state index is -0.184. The fourth-order valence-electron chi connectivity index (χ4n) is 2.72. The van der Waals surface area contributed by atoms with Crippen LogP contribution in [0.1, 0.15) is 17.0 Å². The minimum absolute atomic E-state index is 0.184. The van der Waals surface area contributed by atoms with E-state index in [1.165, 1.54) is 0 Å². The number of hydrogen-bond acceptors (Lipinski definition) is 2. The van der Waals surface area contributed by atoms with E-state index in [0.29, 0.717) is 20.8 Å². The van der Waals surface area contributed by atoms with Gasteiger partial charge in [-0.2, -0.15) is 5.10 Å². The Morgan fingerprint density at radius 1 is 1.08 bits per heavy atom. The van der Waals surface area contributed by atoms with Crippen molar-refractivity contribution in [1.29, 1.82) is 0 Å². The van der Waals surface area contributed by atoms with Crippen LogP contribution in [-0.2, 0) is 11.2 Å². The molecule has 2 aromatic carbocycles. The summed E-state index contributed by atoms with van der Waals surface area (Å²) in [6.45, 7) is 3.82. The summed E-state index contributed by atoms with van der Waals surface area (Å²) in [7, 11) is 0. The Kier molecular flexibility index (Phi) is 5.56. The van der Waals surface area contributed by atoms with Gasteiger partial charge in [-0.25, -0.2) is 4.68 Å². The van der Waals surface area contributed by atoms with E-state index in [2.05, 4.69) is 10.4 Å². The molecule has 1 N–H and O–H groups in total. The summed E-state index contributed by atoms with van der Waals surface area (Å²) < 4.78 is 1.81. The zero-order valence-corrected chi connectivity index (χ0v) is 16.5. The molecule has 0 unspecified atom stereocenters. The highest BCUT2D eigenvalue weighted by molar-refractivity contribution is 6.44. The number of benzene rings is 2. The van der Waals surface area contributed by atoms with Crippen molar-refractivity contribution in [2.45, 2.75) is 20.3 Å². The molecule has 1 heterocycles. The number of amides is 1. The molecule has 3 aromatic rings. The summed E-state index contributed by atoms with van der Waals surface area (Å²) in [5.74, 6) is -0.184. The molecule has 26 heavy (non-hydrogen) atoms. The highest BCUT2D eigenvalue weighted by atomic mass is 35.5. The van der Waals surface area contributed by atoms with Gasteiger partial charge in [-0.1, -0.05) is 40.9 Å². The van der Waals surface area contributed by atoms with Gasteiger partial charge < -0.3 is 5.32 Å². The molecule has 0 fully saturated rings. The second kappa shape index (κ2) is 7.70. The number of halogens is 3. The van der Waals surface area contributed by atoms with Crippen LogP contribution in [-0.4, -0.2) is 15.7 Å². The number of carbonyl (C=O) groups is 1. The van der Waals surface area contributed by atoms with Crippen molar-refractivity contribution < 1.29 is 4.79 Å². The molecule has 0 aliphatic rings. The van der Waals surface area contributed by atoms with E-state index in [0.717, 1.165) is 22.6 Å². The monoisotopic (exact) mass is 407 g/mol. The zero-order chi connectivity index (χ0) is 18.8. The highest BCUT2D eigenvalue weighted by Crippen LogP contribution is 2.29. The first kappa shape index (κ1) is 18.8. The largest absolute Gasteiger partial charge is 0.324 e. The molecule has 0 bridgehead atoms. The summed E-state index contributed by atoms with van der Waals surface area (Å²) in [5, 5.41) is 8.73. The van der Waals surface area contributed by atoms with Crippen LogP contribution in [0.25, 0.3) is 5.69 Å². The van der Waals surface area contributed by atoms with Crippen molar-refractivity contribution in [3.63, 3.8) is 0 Å². The summed E-state index contributed by atoms with van der Waals surface area (Å²) in [4.78, 5) is 12.5. The lowest BCUT2D eigenvalue weighted by Crippen LogP contribution is -2.15. The van der Waals surface area contributed by atoms with E-state index in [4.69, 9.17) is 34.8 Å². The second-order valence-electron chi connectivity index (χ2n) is 5.86. The summed E-state index contributed by atoms with van der Waals surface area (Å²) in [6.07, 6.45) is 0.189. The Balaban J connectivity index is 1.83. The molecule has 0 saturated heterocycles. The van der Waals surface area contributed by atoms with Crippen LogP contribution in [0, 0.1) is 13.8 Å². The third kappa shape index (κ3) is 3.88. The van der Waals surface area contributed by atoms with Gasteiger partial charge >= 0.3 is 0 Å². The van der Waals surface area contributed by atoms with Crippen LogP contribution in [0.3, 0.4) is 0 Å². The summed E-state index contributed by atoms with van der Waals surface area (Å²) in [5.41, 5.74) is 3.95. The fraction of sp³-hybridized carbons (Fsp3) is 0.158. The number of hydrogen-bond donors (Lipinski definition) is 1. The van der Waals surface area contributed by atoms with Gasteiger partial charge in [0.2, 0.25) is 5.91 Å². The third-order valence-corrected chi connectivity index (χ3v) is 5.15. The number of aryl methyl sites for hydroxylation is 1. The molecule has 134 valence electrons. The van der Waals surface area contributed by atoms with Gasteiger partial charge in [0.05, 0.1) is 33.5 Å². The topological polar surface area (TPSA) is 46.9 Å². The van der Waals surface area contributed by atoms with Gasteiger partial charge in [-0.05, 0) is 50.2 Å². The average Bonchev–Trinajstić information content (AvgIpc) is 2.88. The fourth-order valence-corrected chi connectivity index (χ4v) is 3.19. The van der Waals surface area contributed by atoms with Crippen LogP contribution < -0.4 is 5.32 Å². The Labute approximate surface area is 166 Å². The molecule has 1 aromatic heterocycles. The second-order valence-corrected chi connectivity index (χ2v) is 7.09. The number of aromatic nitrogens is 2. The van der Waals surface area contributed by atoms with Crippen molar-refractivity contribution in [3.05, 3.63) is 74.5 Å². The summed E-state index contributed by atoms with van der Waals surface area (Å²) >= 11 is 18.1. The lowest BCUT2D eigenvalue weighted by Gasteiger charge is -2.09. The molecular formula is C19H16Cl3N3O. The van der Waals surface area contributed by atoms with E-state index in [-0.39, 0.29) is 12.3 Å². The van der Waals surface area contributed by atoms with Crippen LogP contribution in [0.4, 0.5) is 5.69 Å². The normalized spacial score (nSPS) is 10.8. The first-order chi connectivity index (χ1) is 12.4. The van der Waals surface area contributed by atoms with E-state index >= 15 is 0 Å². The molecule has 3 rings (SSSR count). The van der Waals surface area contributed by atoms with Crippen LogP contribution in [0.15, 0.2) is 42.5 Å². The Hall–Kier alpha value is -2.01. The van der Waals surface area contributed by atoms with Crippen molar-refractivity contribution >= 4 is 46.4 Å². The SMILES string of the molecule is Cc1nn(-c2ccc(Cl)cc2)c(C)c1CC(=O)Nc1cccc(Cl)c1Cl. The third-order valence-electron chi connectivity index (χ3n) is 4.08. The molecule has 1 amide bonds. The first-order valence-electron chi connectivity index (χ1n) is 7.91. The number of anilines is 1. The van der Waals surface area contributed by atoms with E-state index in [1.54, 1.807) is 35.0 Å². The first-order valence-corrected chi connectivity index (χ1v) is 9.05. The molecule has 0 aliphatic heterocycles. The highest BCUT2D eigenvalue weighted by Gasteiger charge is 2.17. The maximum absolute atomic E-state index is 12.5. The summed E-state index contributed by atoms with van der Waals surface area (Å²) in [6, 6.07) is 12.5. The number of nitrogens with zero attached hydrogens (tertiary/aromatic N) is 2. The van der Waals surface area contributed by atoms with Gasteiger partial charge in [0, 0.05) is 16.3 Å². The maximum Gasteiger partial charge on any atom is 0.228 e. The van der Waals surface area contributed by atoms with Crippen molar-refractivity contribution in [2.75, 3.05) is 5.32 Å². The lowest BCUT2D eigenvalue weighted by atomic mass is 10.1. The average molecular weight is 409 g/mol. The van der Waals surface area contributed by atoms with Crippen molar-refractivity contribution in [2.24, 2.45) is 0 Å². The standard InChI is InChI=1S/C19H16Cl3N3O/c1-11-15(10-18(26)23-17-5-3-4-16(21)19(17)22)12(2)25(24-11)14-8-6-13(20)7-9-14/h3-9H,10H2,1-2H3,(H,23,26). The lowest BCUT2D eigenvalue weighted by molar-refractivity contribution is -0.115. The smallest absolute Gasteiger partial charge is 0.228 e. The predicted octanol–water partition coefficient (Wildman–Crippen LogP) is 5.63. The van der Waals surface area contributed by atoms with Gasteiger partial charge in [0.25, 0.3) is 0 Å². The molecule has 0 atom stereocenters. The van der Waals surface area contributed by atoms with Crippen molar-refractivity contribution in [1.82, 2.24) is 9.78 Å². The molecule has 0 radical (unpaired) electrons. The van der Waals surface area contributed by atoms with Gasteiger partial charge in [0.15, 0.2) is 0 Å². The Morgan fingerprint density at radius 2 is 1.77 bits per heavy atom. The molecular weight excluding hydrogens is 393 g/mol. The molecule has 4 nitrogen and oxygen atoms in total. The maximum atomic E-state index is 12.5. The molecule has 7 heteroatoms. The predicted molar refractivity (Wildman–Crippen MR) is 107 cm³/mol. The number of carbonyl (C=O) groups excluding carboxylic acids is 1. The van der Waals surface area contributed by atoms with E-state index < -0.39 is 0 Å². The van der Waals surface area contributed by atoms with E-state index in [1.807, 2.05) is 26.0 Å². The van der Waals surface area contributed by atoms with Gasteiger partial charge in [-0.15, -0.1) is 0 Å². The minimum Gasteiger partial charge on any atom is -0.324 e. The Bertz CT molecular complexity index is 965. The molecule has 0 saturated carbocycles. The van der Waals surface area contributed by atoms with Crippen LogP contribution in [0.2, 0.25) is 15.1 Å². The van der Waals surface area contributed by atoms with E-state index in [9.17, 15) is 4.79 Å². The molecule has 0 spiro atoms.